The highest BCUT2D eigenvalue weighted by Gasteiger charge is 2.32. The van der Waals surface area contributed by atoms with E-state index in [1.165, 1.54) is 17.9 Å². The van der Waals surface area contributed by atoms with E-state index < -0.39 is 18.0 Å². The molecule has 1 atom stereocenters. The Labute approximate surface area is 229 Å². The van der Waals surface area contributed by atoms with Gasteiger partial charge in [-0.2, -0.15) is 30.8 Å². The van der Waals surface area contributed by atoms with E-state index in [2.05, 4.69) is 41.0 Å². The molecule has 208 valence electrons. The number of nitrogens with zero attached hydrogens (tertiary/aromatic N) is 6. The molecule has 0 spiro atoms. The van der Waals surface area contributed by atoms with E-state index in [1.807, 2.05) is 38.1 Å². The molecule has 5 rings (SSSR count). The third kappa shape index (κ3) is 6.15. The van der Waals surface area contributed by atoms with Crippen molar-refractivity contribution in [3.8, 4) is 11.1 Å². The minimum absolute atomic E-state index is 0.207. The average molecular weight is 548 g/mol. The third-order valence-electron chi connectivity index (χ3n) is 6.78. The van der Waals surface area contributed by atoms with Gasteiger partial charge in [0, 0.05) is 32.1 Å². The molecule has 4 aromatic rings. The van der Waals surface area contributed by atoms with Crippen LogP contribution >= 0.6 is 0 Å². The van der Waals surface area contributed by atoms with E-state index in [0.29, 0.717) is 36.4 Å². The molecule has 2 aromatic heterocycles. The Balaban J connectivity index is 1.28. The molecule has 2 aromatic carbocycles. The molecule has 3 heterocycles. The van der Waals surface area contributed by atoms with Gasteiger partial charge in [0.05, 0.1) is 41.6 Å². The molecule has 12 nitrogen and oxygen atoms in total. The Morgan fingerprint density at radius 2 is 1.68 bits per heavy atom. The molecule has 13 heteroatoms. The summed E-state index contributed by atoms with van der Waals surface area (Å²) in [6, 6.07) is 12.4. The van der Waals surface area contributed by atoms with Crippen LogP contribution in [0.3, 0.4) is 0 Å². The number of hydrogen-bond donors (Lipinski definition) is 3. The van der Waals surface area contributed by atoms with E-state index in [4.69, 9.17) is 4.74 Å². The van der Waals surface area contributed by atoms with Crippen molar-refractivity contribution in [1.82, 2.24) is 41.0 Å². The fourth-order valence-corrected chi connectivity index (χ4v) is 4.55. The molecule has 40 heavy (non-hydrogen) atoms. The smallest absolute Gasteiger partial charge is 0.414 e. The predicted molar refractivity (Wildman–Crippen MR) is 143 cm³/mol. The number of H-pyrrole nitrogens is 2. The number of carbonyl (C=O) groups is 2. The summed E-state index contributed by atoms with van der Waals surface area (Å²) in [7, 11) is 0. The number of ether oxygens (including phenoxy) is 1. The van der Waals surface area contributed by atoms with Gasteiger partial charge in [0.15, 0.2) is 0 Å². The fraction of sp³-hybridized carbons (Fsp3) is 0.333. The van der Waals surface area contributed by atoms with Gasteiger partial charge in [-0.1, -0.05) is 24.3 Å². The second-order valence-corrected chi connectivity index (χ2v) is 9.77. The van der Waals surface area contributed by atoms with Gasteiger partial charge >= 0.3 is 6.09 Å². The maximum absolute atomic E-state index is 15.2. The molecule has 0 bridgehead atoms. The van der Waals surface area contributed by atoms with Crippen LogP contribution in [0.25, 0.3) is 11.1 Å². The van der Waals surface area contributed by atoms with Crippen molar-refractivity contribution in [1.29, 1.82) is 0 Å². The molecule has 0 saturated carbocycles. The number of carbonyl (C=O) groups excluding carboxylic acids is 2. The number of benzene rings is 2. The van der Waals surface area contributed by atoms with Crippen LogP contribution in [0.1, 0.15) is 35.3 Å². The standard InChI is InChI=1S/C27H30FN9O3/c1-16-25(32-34-30-16)14-36(15-26-17(2)31-35-33-26)12-19-4-6-20(7-5-19)23-9-8-21(10-24(23)28)37-13-22(40-27(37)39)11-29-18(3)38/h4-10,22H,11-15H2,1-3H3,(H,29,38)(H,30,32,34)(H,31,33,35)/t22-/m0/s1. The Morgan fingerprint density at radius 1 is 1.02 bits per heavy atom. The lowest BCUT2D eigenvalue weighted by Crippen LogP contribution is -2.33. The van der Waals surface area contributed by atoms with Crippen LogP contribution in [0.5, 0.6) is 0 Å². The van der Waals surface area contributed by atoms with Crippen molar-refractivity contribution in [2.75, 3.05) is 18.0 Å². The van der Waals surface area contributed by atoms with Crippen LogP contribution in [-0.2, 0) is 29.2 Å². The Bertz CT molecular complexity index is 1460. The largest absolute Gasteiger partial charge is 0.442 e. The summed E-state index contributed by atoms with van der Waals surface area (Å²) < 4.78 is 20.5. The van der Waals surface area contributed by atoms with Gasteiger partial charge < -0.3 is 10.1 Å². The van der Waals surface area contributed by atoms with Gasteiger partial charge in [-0.3, -0.25) is 14.6 Å². The summed E-state index contributed by atoms with van der Waals surface area (Å²) in [6.07, 6.45) is -1.06. The number of rotatable bonds is 10. The fourth-order valence-electron chi connectivity index (χ4n) is 4.55. The third-order valence-corrected chi connectivity index (χ3v) is 6.78. The molecule has 1 saturated heterocycles. The predicted octanol–water partition coefficient (Wildman–Crippen LogP) is 3.01. The van der Waals surface area contributed by atoms with E-state index in [-0.39, 0.29) is 19.0 Å². The molecule has 0 radical (unpaired) electrons. The van der Waals surface area contributed by atoms with Crippen LogP contribution in [-0.4, -0.2) is 66.9 Å². The zero-order valence-corrected chi connectivity index (χ0v) is 22.4. The Hall–Kier alpha value is -4.65. The maximum Gasteiger partial charge on any atom is 0.414 e. The number of amides is 2. The second kappa shape index (κ2) is 11.6. The van der Waals surface area contributed by atoms with Crippen molar-refractivity contribution in [3.63, 3.8) is 0 Å². The molecule has 1 aliphatic rings. The lowest BCUT2D eigenvalue weighted by atomic mass is 10.0. The maximum atomic E-state index is 15.2. The highest BCUT2D eigenvalue weighted by atomic mass is 19.1. The zero-order valence-electron chi connectivity index (χ0n) is 22.4. The van der Waals surface area contributed by atoms with Crippen LogP contribution < -0.4 is 10.2 Å². The van der Waals surface area contributed by atoms with Crippen LogP contribution in [0.4, 0.5) is 14.9 Å². The Kier molecular flexibility index (Phi) is 7.82. The highest BCUT2D eigenvalue weighted by Crippen LogP contribution is 2.29. The van der Waals surface area contributed by atoms with Gasteiger partial charge in [0.1, 0.15) is 11.9 Å². The number of aromatic amines is 2. The van der Waals surface area contributed by atoms with Crippen molar-refractivity contribution in [3.05, 3.63) is 76.6 Å². The zero-order chi connectivity index (χ0) is 28.2. The van der Waals surface area contributed by atoms with E-state index in [9.17, 15) is 9.59 Å². The summed E-state index contributed by atoms with van der Waals surface area (Å²) in [4.78, 5) is 27.0. The van der Waals surface area contributed by atoms with Gasteiger partial charge in [0.2, 0.25) is 5.91 Å². The van der Waals surface area contributed by atoms with Crippen LogP contribution in [0.15, 0.2) is 42.5 Å². The summed E-state index contributed by atoms with van der Waals surface area (Å²) in [5.41, 5.74) is 5.94. The molecule has 3 N–H and O–H groups in total. The number of anilines is 1. The topological polar surface area (TPSA) is 145 Å². The van der Waals surface area contributed by atoms with Crippen molar-refractivity contribution in [2.24, 2.45) is 0 Å². The summed E-state index contributed by atoms with van der Waals surface area (Å²) in [5.74, 6) is -0.660. The minimum Gasteiger partial charge on any atom is -0.442 e. The number of cyclic esters (lactones) is 1. The first kappa shape index (κ1) is 26.9. The normalized spacial score (nSPS) is 15.1. The SMILES string of the molecule is CC(=O)NC[C@H]1CN(c2ccc(-c3ccc(CN(Cc4n[nH]nc4C)Cc4n[nH]nc4C)cc3)c(F)c2)C(=O)O1. The average Bonchev–Trinajstić information content (AvgIpc) is 3.63. The summed E-state index contributed by atoms with van der Waals surface area (Å²) in [6.45, 7) is 7.38. The van der Waals surface area contributed by atoms with Crippen molar-refractivity contribution < 1.29 is 18.7 Å². The number of hydrogen-bond acceptors (Lipinski definition) is 8. The van der Waals surface area contributed by atoms with E-state index >= 15 is 4.39 Å². The molecule has 1 fully saturated rings. The van der Waals surface area contributed by atoms with Gasteiger partial charge in [-0.05, 0) is 43.2 Å². The number of aromatic nitrogens is 6. The van der Waals surface area contributed by atoms with Crippen LogP contribution in [0, 0.1) is 19.7 Å². The quantitative estimate of drug-likeness (QED) is 0.275. The molecule has 0 aliphatic carbocycles. The summed E-state index contributed by atoms with van der Waals surface area (Å²) in [5, 5.41) is 24.7. The minimum atomic E-state index is -0.571. The van der Waals surface area contributed by atoms with Gasteiger partial charge in [0.25, 0.3) is 0 Å². The second-order valence-electron chi connectivity index (χ2n) is 9.77. The Morgan fingerprint density at radius 3 is 2.23 bits per heavy atom. The van der Waals surface area contributed by atoms with E-state index in [0.717, 1.165) is 28.3 Å². The lowest BCUT2D eigenvalue weighted by Gasteiger charge is -2.21. The van der Waals surface area contributed by atoms with Crippen molar-refractivity contribution >= 4 is 17.7 Å². The van der Waals surface area contributed by atoms with E-state index in [1.54, 1.807) is 12.1 Å². The number of halogens is 1. The van der Waals surface area contributed by atoms with Crippen LogP contribution in [0.2, 0.25) is 0 Å². The lowest BCUT2D eigenvalue weighted by molar-refractivity contribution is -0.119. The first-order valence-electron chi connectivity index (χ1n) is 12.8. The number of aryl methyl sites for hydroxylation is 2. The molecule has 0 unspecified atom stereocenters. The van der Waals surface area contributed by atoms with Crippen molar-refractivity contribution in [2.45, 2.75) is 46.5 Å². The number of nitrogens with one attached hydrogen (secondary N) is 3. The molecule has 2 amide bonds. The molecular weight excluding hydrogens is 517 g/mol. The molecular formula is C27H30FN9O3. The monoisotopic (exact) mass is 547 g/mol. The molecule has 1 aliphatic heterocycles. The summed E-state index contributed by atoms with van der Waals surface area (Å²) >= 11 is 0. The highest BCUT2D eigenvalue weighted by molar-refractivity contribution is 5.90. The first-order valence-corrected chi connectivity index (χ1v) is 12.8. The van der Waals surface area contributed by atoms with Gasteiger partial charge in [-0.15, -0.1) is 0 Å². The van der Waals surface area contributed by atoms with Gasteiger partial charge in [-0.25, -0.2) is 9.18 Å². The first-order chi connectivity index (χ1) is 19.3.